The summed E-state index contributed by atoms with van der Waals surface area (Å²) in [5.41, 5.74) is 5.86. The van der Waals surface area contributed by atoms with Crippen LogP contribution in [0.1, 0.15) is 53.4 Å². The minimum Gasteiger partial charge on any atom is -0.339 e. The van der Waals surface area contributed by atoms with Gasteiger partial charge in [-0.15, -0.1) is 0 Å². The molecule has 0 bridgehead atoms. The molecule has 3 heteroatoms. The molecule has 1 aliphatic rings. The van der Waals surface area contributed by atoms with Crippen molar-refractivity contribution in [2.75, 3.05) is 6.54 Å². The van der Waals surface area contributed by atoms with Crippen molar-refractivity contribution in [3.63, 3.8) is 0 Å². The summed E-state index contributed by atoms with van der Waals surface area (Å²) in [7, 11) is 0. The van der Waals surface area contributed by atoms with Crippen LogP contribution in [0.2, 0.25) is 0 Å². The first-order valence-corrected chi connectivity index (χ1v) is 6.99. The predicted octanol–water partition coefficient (Wildman–Crippen LogP) is 2.40. The van der Waals surface area contributed by atoms with Gasteiger partial charge in [0.25, 0.3) is 0 Å². The zero-order valence-corrected chi connectivity index (χ0v) is 11.8. The van der Waals surface area contributed by atoms with E-state index in [4.69, 9.17) is 5.73 Å². The largest absolute Gasteiger partial charge is 0.339 e. The molecule has 0 spiro atoms. The van der Waals surface area contributed by atoms with Crippen molar-refractivity contribution in [2.45, 2.75) is 65.5 Å². The van der Waals surface area contributed by atoms with E-state index in [1.807, 2.05) is 13.8 Å². The molecular formula is C14H28N2O. The molecule has 3 nitrogen and oxygen atoms in total. The summed E-state index contributed by atoms with van der Waals surface area (Å²) in [6, 6.07) is 0.407. The highest BCUT2D eigenvalue weighted by Gasteiger charge is 2.30. The zero-order valence-electron chi connectivity index (χ0n) is 11.8. The number of hydrogen-bond acceptors (Lipinski definition) is 2. The van der Waals surface area contributed by atoms with Crippen LogP contribution in [-0.2, 0) is 4.79 Å². The molecule has 1 saturated carbocycles. The van der Waals surface area contributed by atoms with Crippen molar-refractivity contribution in [1.82, 2.24) is 4.90 Å². The lowest BCUT2D eigenvalue weighted by Crippen LogP contribution is -2.47. The Labute approximate surface area is 106 Å². The molecule has 0 aromatic rings. The van der Waals surface area contributed by atoms with E-state index in [1.54, 1.807) is 0 Å². The van der Waals surface area contributed by atoms with E-state index in [-0.39, 0.29) is 17.9 Å². The van der Waals surface area contributed by atoms with Gasteiger partial charge in [-0.05, 0) is 25.7 Å². The highest BCUT2D eigenvalue weighted by Crippen LogP contribution is 2.26. The second kappa shape index (κ2) is 6.39. The molecule has 2 atom stereocenters. The van der Waals surface area contributed by atoms with Crippen LogP contribution in [0.5, 0.6) is 0 Å². The highest BCUT2D eigenvalue weighted by atomic mass is 16.2. The van der Waals surface area contributed by atoms with Crippen molar-refractivity contribution >= 4 is 5.91 Å². The van der Waals surface area contributed by atoms with Gasteiger partial charge in [0.1, 0.15) is 0 Å². The maximum absolute atomic E-state index is 12.5. The lowest BCUT2D eigenvalue weighted by molar-refractivity contribution is -0.138. The molecule has 0 aromatic heterocycles. The van der Waals surface area contributed by atoms with Gasteiger partial charge in [0.2, 0.25) is 5.91 Å². The van der Waals surface area contributed by atoms with Gasteiger partial charge in [-0.1, -0.05) is 33.6 Å². The van der Waals surface area contributed by atoms with Crippen molar-refractivity contribution in [3.05, 3.63) is 0 Å². The van der Waals surface area contributed by atoms with Gasteiger partial charge in [0, 0.05) is 18.6 Å². The Morgan fingerprint density at radius 2 is 1.76 bits per heavy atom. The number of rotatable bonds is 5. The van der Waals surface area contributed by atoms with E-state index < -0.39 is 0 Å². The lowest BCUT2D eigenvalue weighted by Gasteiger charge is -2.33. The third-order valence-electron chi connectivity index (χ3n) is 3.79. The maximum Gasteiger partial charge on any atom is 0.227 e. The monoisotopic (exact) mass is 240 g/mol. The summed E-state index contributed by atoms with van der Waals surface area (Å²) >= 11 is 0. The molecule has 0 aromatic carbocycles. The minimum absolute atomic E-state index is 0.0569. The summed E-state index contributed by atoms with van der Waals surface area (Å²) in [5.74, 6) is 0.717. The Morgan fingerprint density at radius 1 is 1.24 bits per heavy atom. The van der Waals surface area contributed by atoms with Crippen LogP contribution in [0.4, 0.5) is 0 Å². The molecule has 0 radical (unpaired) electrons. The van der Waals surface area contributed by atoms with Gasteiger partial charge < -0.3 is 10.6 Å². The summed E-state index contributed by atoms with van der Waals surface area (Å²) < 4.78 is 0. The number of nitrogens with zero attached hydrogens (tertiary/aromatic N) is 1. The Balaban J connectivity index is 2.70. The van der Waals surface area contributed by atoms with E-state index in [2.05, 4.69) is 18.7 Å². The van der Waals surface area contributed by atoms with Gasteiger partial charge in [-0.3, -0.25) is 4.79 Å². The first-order valence-electron chi connectivity index (χ1n) is 6.99. The fourth-order valence-electron chi connectivity index (χ4n) is 2.51. The summed E-state index contributed by atoms with van der Waals surface area (Å²) in [6.45, 7) is 9.10. The molecule has 1 fully saturated rings. The number of hydrogen-bond donors (Lipinski definition) is 1. The SMILES string of the molecule is CC(C)CN(C(=O)C(C)C(C)N)C1CCCC1. The first kappa shape index (κ1) is 14.5. The molecule has 0 heterocycles. The van der Waals surface area contributed by atoms with E-state index in [9.17, 15) is 4.79 Å². The minimum atomic E-state index is -0.0608. The number of nitrogens with two attached hydrogens (primary N) is 1. The predicted molar refractivity (Wildman–Crippen MR) is 71.6 cm³/mol. The van der Waals surface area contributed by atoms with Gasteiger partial charge >= 0.3 is 0 Å². The maximum atomic E-state index is 12.5. The van der Waals surface area contributed by atoms with E-state index in [0.29, 0.717) is 12.0 Å². The van der Waals surface area contributed by atoms with Gasteiger partial charge in [0.15, 0.2) is 0 Å². The molecule has 0 aliphatic heterocycles. The molecule has 1 amide bonds. The average Bonchev–Trinajstić information content (AvgIpc) is 2.76. The Morgan fingerprint density at radius 3 is 2.18 bits per heavy atom. The molecule has 2 N–H and O–H groups in total. The van der Waals surface area contributed by atoms with E-state index >= 15 is 0 Å². The number of carbonyl (C=O) groups excluding carboxylic acids is 1. The topological polar surface area (TPSA) is 46.3 Å². The fraction of sp³-hybridized carbons (Fsp3) is 0.929. The smallest absolute Gasteiger partial charge is 0.227 e. The normalized spacial score (nSPS) is 20.6. The highest BCUT2D eigenvalue weighted by molar-refractivity contribution is 5.79. The van der Waals surface area contributed by atoms with Crippen LogP contribution in [0.15, 0.2) is 0 Å². The summed E-state index contributed by atoms with van der Waals surface area (Å²) in [6.07, 6.45) is 4.87. The summed E-state index contributed by atoms with van der Waals surface area (Å²) in [5, 5.41) is 0. The average molecular weight is 240 g/mol. The molecular weight excluding hydrogens is 212 g/mol. The Hall–Kier alpha value is -0.570. The Kier molecular flexibility index (Phi) is 5.44. The van der Waals surface area contributed by atoms with Crippen molar-refractivity contribution in [3.8, 4) is 0 Å². The first-order chi connectivity index (χ1) is 7.93. The van der Waals surface area contributed by atoms with Crippen LogP contribution < -0.4 is 5.73 Å². The molecule has 1 rings (SSSR count). The van der Waals surface area contributed by atoms with Gasteiger partial charge in [-0.2, -0.15) is 0 Å². The van der Waals surface area contributed by atoms with E-state index in [0.717, 1.165) is 6.54 Å². The van der Waals surface area contributed by atoms with Crippen LogP contribution in [-0.4, -0.2) is 29.4 Å². The second-order valence-corrected chi connectivity index (χ2v) is 5.97. The summed E-state index contributed by atoms with van der Waals surface area (Å²) in [4.78, 5) is 14.6. The van der Waals surface area contributed by atoms with Gasteiger partial charge in [-0.25, -0.2) is 0 Å². The standard InChI is InChI=1S/C14H28N2O/c1-10(2)9-16(13-7-5-6-8-13)14(17)11(3)12(4)15/h10-13H,5-9,15H2,1-4H3. The van der Waals surface area contributed by atoms with Crippen molar-refractivity contribution in [2.24, 2.45) is 17.6 Å². The van der Waals surface area contributed by atoms with Crippen LogP contribution in [0.3, 0.4) is 0 Å². The zero-order chi connectivity index (χ0) is 13.0. The van der Waals surface area contributed by atoms with Crippen LogP contribution in [0, 0.1) is 11.8 Å². The van der Waals surface area contributed by atoms with Crippen molar-refractivity contribution in [1.29, 1.82) is 0 Å². The molecule has 17 heavy (non-hydrogen) atoms. The number of amides is 1. The fourth-order valence-corrected chi connectivity index (χ4v) is 2.51. The Bertz CT molecular complexity index is 245. The molecule has 1 aliphatic carbocycles. The lowest BCUT2D eigenvalue weighted by atomic mass is 10.0. The van der Waals surface area contributed by atoms with E-state index in [1.165, 1.54) is 25.7 Å². The molecule has 2 unspecified atom stereocenters. The second-order valence-electron chi connectivity index (χ2n) is 5.97. The van der Waals surface area contributed by atoms with Crippen molar-refractivity contribution < 1.29 is 4.79 Å². The quantitative estimate of drug-likeness (QED) is 0.802. The third kappa shape index (κ3) is 3.98. The molecule has 100 valence electrons. The third-order valence-corrected chi connectivity index (χ3v) is 3.79. The number of carbonyl (C=O) groups is 1. The van der Waals surface area contributed by atoms with Crippen LogP contribution in [0.25, 0.3) is 0 Å². The van der Waals surface area contributed by atoms with Gasteiger partial charge in [0.05, 0.1) is 5.92 Å². The van der Waals surface area contributed by atoms with Crippen LogP contribution >= 0.6 is 0 Å². The molecule has 0 saturated heterocycles.